The number of nitrogens with one attached hydrogen (secondary N) is 1. The lowest BCUT2D eigenvalue weighted by molar-refractivity contribution is 0.726. The van der Waals surface area contributed by atoms with Gasteiger partial charge in [0.05, 0.1) is 0 Å². The average molecular weight is 241 g/mol. The smallest absolute Gasteiger partial charge is 0.122 e. The summed E-state index contributed by atoms with van der Waals surface area (Å²) in [5, 5.41) is 3.35. The van der Waals surface area contributed by atoms with Crippen molar-refractivity contribution in [3.63, 3.8) is 0 Å². The zero-order chi connectivity index (χ0) is 12.7. The summed E-state index contributed by atoms with van der Waals surface area (Å²) in [6, 6.07) is 0. The molecule has 0 aliphatic heterocycles. The highest BCUT2D eigenvalue weighted by molar-refractivity contribution is 5.66. The molecule has 0 saturated carbocycles. The second-order valence-electron chi connectivity index (χ2n) is 5.30. The largest absolute Gasteiger partial charge is 0.340 e. The lowest BCUT2D eigenvalue weighted by Crippen LogP contribution is -2.06. The minimum Gasteiger partial charge on any atom is -0.340 e. The van der Waals surface area contributed by atoms with Gasteiger partial charge in [-0.15, -0.1) is 0 Å². The van der Waals surface area contributed by atoms with Crippen molar-refractivity contribution in [1.82, 2.24) is 4.98 Å². The summed E-state index contributed by atoms with van der Waals surface area (Å²) in [7, 11) is 0. The Labute approximate surface area is 108 Å². The van der Waals surface area contributed by atoms with Gasteiger partial charge >= 0.3 is 0 Å². The molecule has 0 amide bonds. The Morgan fingerprint density at radius 3 is 2.94 bits per heavy atom. The lowest BCUT2D eigenvalue weighted by atomic mass is 10.0. The first-order valence-corrected chi connectivity index (χ1v) is 6.68. The van der Waals surface area contributed by atoms with Gasteiger partial charge in [-0.2, -0.15) is 0 Å². The summed E-state index contributed by atoms with van der Waals surface area (Å²) < 4.78 is 0. The molecule has 0 radical (unpaired) electrons. The number of anilines is 1. The Morgan fingerprint density at radius 1 is 1.33 bits per heavy atom. The number of pyridine rings is 1. The topological polar surface area (TPSA) is 37.3 Å². The van der Waals surface area contributed by atoms with Gasteiger partial charge in [0.1, 0.15) is 5.82 Å². The Morgan fingerprint density at radius 2 is 2.17 bits per heavy atom. The van der Waals surface area contributed by atoms with Crippen molar-refractivity contribution >= 4 is 12.4 Å². The van der Waals surface area contributed by atoms with Gasteiger partial charge in [-0.1, -0.05) is 13.5 Å². The second-order valence-corrected chi connectivity index (χ2v) is 5.30. The minimum absolute atomic E-state index is 0.580. The van der Waals surface area contributed by atoms with E-state index in [1.165, 1.54) is 41.0 Å². The Balaban J connectivity index is 2.13. The number of aromatic nitrogens is 1. The zero-order valence-corrected chi connectivity index (χ0v) is 10.9. The summed E-state index contributed by atoms with van der Waals surface area (Å²) in [6.45, 7) is 9.68. The molecule has 0 bridgehead atoms. The van der Waals surface area contributed by atoms with Gasteiger partial charge in [0.25, 0.3) is 0 Å². The molecule has 3 rings (SSSR count). The van der Waals surface area contributed by atoms with Gasteiger partial charge in [0.2, 0.25) is 0 Å². The normalized spacial score (nSPS) is 20.4. The van der Waals surface area contributed by atoms with Crippen molar-refractivity contribution in [3.05, 3.63) is 34.9 Å². The molecule has 1 heterocycles. The number of rotatable bonds is 3. The van der Waals surface area contributed by atoms with Gasteiger partial charge in [0.15, 0.2) is 0 Å². The third-order valence-corrected chi connectivity index (χ3v) is 4.11. The maximum absolute atomic E-state index is 4.89. The van der Waals surface area contributed by atoms with E-state index in [0.29, 0.717) is 11.7 Å². The number of fused-ring (bicyclic) bond motifs is 2. The number of aryl methyl sites for hydroxylation is 1. The van der Waals surface area contributed by atoms with Crippen molar-refractivity contribution in [2.75, 3.05) is 5.32 Å². The molecule has 2 aliphatic rings. The molecule has 18 heavy (non-hydrogen) atoms. The molecule has 0 aromatic carbocycles. The number of aliphatic imine (C=N–C) groups is 1. The van der Waals surface area contributed by atoms with E-state index in [9.17, 15) is 0 Å². The van der Waals surface area contributed by atoms with Gasteiger partial charge in [-0.25, -0.2) is 4.99 Å². The fraction of sp³-hybridized carbons (Fsp3) is 0.467. The van der Waals surface area contributed by atoms with Crippen LogP contribution < -0.4 is 5.32 Å². The molecular formula is C15H19N3. The molecule has 0 spiro atoms. The summed E-state index contributed by atoms with van der Waals surface area (Å²) in [5.41, 5.74) is 6.56. The molecule has 1 aromatic heterocycles. The Hall–Kier alpha value is -1.64. The summed E-state index contributed by atoms with van der Waals surface area (Å²) in [4.78, 5) is 8.77. The summed E-state index contributed by atoms with van der Waals surface area (Å²) in [5.74, 6) is 1.22. The van der Waals surface area contributed by atoms with Crippen molar-refractivity contribution in [2.24, 2.45) is 4.99 Å². The van der Waals surface area contributed by atoms with Crippen LogP contribution in [0.3, 0.4) is 0 Å². The van der Waals surface area contributed by atoms with Crippen LogP contribution in [-0.2, 0) is 19.3 Å². The van der Waals surface area contributed by atoms with Gasteiger partial charge < -0.3 is 5.32 Å². The van der Waals surface area contributed by atoms with Crippen molar-refractivity contribution in [1.29, 1.82) is 0 Å². The fourth-order valence-electron chi connectivity index (χ4n) is 3.14. The first kappa shape index (κ1) is 11.5. The molecule has 1 aromatic rings. The van der Waals surface area contributed by atoms with Crippen molar-refractivity contribution in [3.8, 4) is 0 Å². The molecule has 94 valence electrons. The van der Waals surface area contributed by atoms with E-state index in [1.807, 2.05) is 0 Å². The predicted molar refractivity (Wildman–Crippen MR) is 75.3 cm³/mol. The van der Waals surface area contributed by atoms with Crippen molar-refractivity contribution < 1.29 is 0 Å². The molecule has 2 aliphatic carbocycles. The van der Waals surface area contributed by atoms with Gasteiger partial charge in [-0.05, 0) is 55.9 Å². The molecule has 1 unspecified atom stereocenters. The van der Waals surface area contributed by atoms with Crippen LogP contribution in [0.5, 0.6) is 0 Å². The average Bonchev–Trinajstić information content (AvgIpc) is 2.97. The first-order valence-electron chi connectivity index (χ1n) is 6.68. The predicted octanol–water partition coefficient (Wildman–Crippen LogP) is 3.20. The fourth-order valence-corrected chi connectivity index (χ4v) is 3.14. The molecule has 1 N–H and O–H groups in total. The molecule has 1 atom stereocenters. The highest BCUT2D eigenvalue weighted by atomic mass is 15.0. The lowest BCUT2D eigenvalue weighted by Gasteiger charge is -2.16. The van der Waals surface area contributed by atoms with Crippen LogP contribution in [0.15, 0.2) is 17.4 Å². The van der Waals surface area contributed by atoms with Crippen LogP contribution in [0.2, 0.25) is 0 Å². The van der Waals surface area contributed by atoms with E-state index in [-0.39, 0.29) is 0 Å². The van der Waals surface area contributed by atoms with E-state index in [4.69, 9.17) is 4.98 Å². The zero-order valence-electron chi connectivity index (χ0n) is 10.9. The maximum atomic E-state index is 4.89. The standard InChI is InChI=1S/C15H19N3/c1-9-7-8-12-14(9)18-13-6-4-5-11(13)15(12)17-10(2)16-3/h9H,2-8H2,1H3,(H,17,18). The van der Waals surface area contributed by atoms with Crippen molar-refractivity contribution in [2.45, 2.75) is 44.9 Å². The molecule has 3 nitrogen and oxygen atoms in total. The molecule has 0 fully saturated rings. The Bertz CT molecular complexity index is 531. The van der Waals surface area contributed by atoms with Crippen LogP contribution in [0.25, 0.3) is 0 Å². The molecule has 0 saturated heterocycles. The SMILES string of the molecule is C=NC(=C)Nc1c2c(nc3c1CCC3C)CCC2. The van der Waals surface area contributed by atoms with Gasteiger partial charge in [0, 0.05) is 17.1 Å². The minimum atomic E-state index is 0.580. The number of hydrogen-bond acceptors (Lipinski definition) is 3. The quantitative estimate of drug-likeness (QED) is 0.825. The summed E-state index contributed by atoms with van der Waals surface area (Å²) >= 11 is 0. The van der Waals surface area contributed by atoms with E-state index in [2.05, 4.69) is 30.5 Å². The first-order chi connectivity index (χ1) is 8.70. The third kappa shape index (κ3) is 1.65. The maximum Gasteiger partial charge on any atom is 0.122 e. The van der Waals surface area contributed by atoms with E-state index in [0.717, 1.165) is 19.3 Å². The van der Waals surface area contributed by atoms with Crippen LogP contribution in [0, 0.1) is 0 Å². The summed E-state index contributed by atoms with van der Waals surface area (Å²) in [6.07, 6.45) is 5.76. The van der Waals surface area contributed by atoms with Crippen LogP contribution >= 0.6 is 0 Å². The number of hydrogen-bond donors (Lipinski definition) is 1. The molecular weight excluding hydrogens is 222 g/mol. The van der Waals surface area contributed by atoms with Crippen LogP contribution in [0.1, 0.15) is 48.2 Å². The Kier molecular flexibility index (Phi) is 2.69. The highest BCUT2D eigenvalue weighted by Gasteiger charge is 2.29. The van der Waals surface area contributed by atoms with Crippen LogP contribution in [-0.4, -0.2) is 11.7 Å². The molecule has 3 heteroatoms. The van der Waals surface area contributed by atoms with E-state index in [1.54, 1.807) is 0 Å². The monoisotopic (exact) mass is 241 g/mol. The van der Waals surface area contributed by atoms with E-state index >= 15 is 0 Å². The second kappa shape index (κ2) is 4.23. The van der Waals surface area contributed by atoms with E-state index < -0.39 is 0 Å². The highest BCUT2D eigenvalue weighted by Crippen LogP contribution is 2.41. The third-order valence-electron chi connectivity index (χ3n) is 4.11. The van der Waals surface area contributed by atoms with Crippen LogP contribution in [0.4, 0.5) is 5.69 Å². The number of nitrogens with zero attached hydrogens (tertiary/aromatic N) is 2. The van der Waals surface area contributed by atoms with Gasteiger partial charge in [-0.3, -0.25) is 4.98 Å².